The fourth-order valence-electron chi connectivity index (χ4n) is 3.36. The van der Waals surface area contributed by atoms with Crippen molar-refractivity contribution in [2.75, 3.05) is 6.54 Å². The molecule has 1 N–H and O–H groups in total. The molecule has 4 unspecified atom stereocenters. The van der Waals surface area contributed by atoms with Crippen molar-refractivity contribution < 1.29 is 0 Å². The molecule has 0 amide bonds. The fraction of sp³-hybridized carbons (Fsp3) is 0.765. The van der Waals surface area contributed by atoms with Crippen molar-refractivity contribution in [1.29, 1.82) is 0 Å². The molecule has 1 aliphatic carbocycles. The molecular weight excluding hydrogens is 250 g/mol. The van der Waals surface area contributed by atoms with Crippen LogP contribution in [0.3, 0.4) is 0 Å². The van der Waals surface area contributed by atoms with Crippen LogP contribution < -0.4 is 5.32 Å². The van der Waals surface area contributed by atoms with Gasteiger partial charge in [0.1, 0.15) is 0 Å². The summed E-state index contributed by atoms with van der Waals surface area (Å²) in [5.74, 6) is 2.62. The van der Waals surface area contributed by atoms with Crippen molar-refractivity contribution in [1.82, 2.24) is 5.32 Å². The maximum Gasteiger partial charge on any atom is 0.0443 e. The van der Waals surface area contributed by atoms with Crippen LogP contribution in [-0.2, 0) is 6.42 Å². The van der Waals surface area contributed by atoms with Gasteiger partial charge in [-0.15, -0.1) is 11.3 Å². The van der Waals surface area contributed by atoms with Crippen LogP contribution in [0.4, 0.5) is 0 Å². The lowest BCUT2D eigenvalue weighted by Gasteiger charge is -2.36. The van der Waals surface area contributed by atoms with Gasteiger partial charge in [0.05, 0.1) is 0 Å². The Morgan fingerprint density at radius 1 is 1.21 bits per heavy atom. The minimum atomic E-state index is 0.588. The second-order valence-corrected chi connectivity index (χ2v) is 7.42. The summed E-state index contributed by atoms with van der Waals surface area (Å²) in [5.41, 5.74) is 0. The van der Waals surface area contributed by atoms with Crippen LogP contribution in [0.15, 0.2) is 12.1 Å². The summed E-state index contributed by atoms with van der Waals surface area (Å²) in [6.07, 6.45) is 5.35. The topological polar surface area (TPSA) is 12.0 Å². The predicted molar refractivity (Wildman–Crippen MR) is 85.8 cm³/mol. The van der Waals surface area contributed by atoms with E-state index in [1.54, 1.807) is 4.88 Å². The van der Waals surface area contributed by atoms with Gasteiger partial charge >= 0.3 is 0 Å². The number of hydrogen-bond acceptors (Lipinski definition) is 2. The minimum Gasteiger partial charge on any atom is -0.309 e. The van der Waals surface area contributed by atoms with Gasteiger partial charge in [-0.05, 0) is 55.7 Å². The van der Waals surface area contributed by atoms with Crippen LogP contribution in [0.5, 0.6) is 0 Å². The Morgan fingerprint density at radius 3 is 2.58 bits per heavy atom. The third-order valence-corrected chi connectivity index (χ3v) is 6.18. The zero-order chi connectivity index (χ0) is 13.8. The van der Waals surface area contributed by atoms with Gasteiger partial charge in [-0.1, -0.05) is 34.1 Å². The second-order valence-electron chi connectivity index (χ2n) is 6.22. The highest BCUT2D eigenvalue weighted by Gasteiger charge is 2.31. The highest BCUT2D eigenvalue weighted by atomic mass is 32.1. The van der Waals surface area contributed by atoms with Crippen molar-refractivity contribution in [3.8, 4) is 0 Å². The molecule has 19 heavy (non-hydrogen) atoms. The fourth-order valence-corrected chi connectivity index (χ4v) is 4.49. The molecule has 1 aliphatic rings. The number of aryl methyl sites for hydroxylation is 1. The first-order valence-corrected chi connectivity index (χ1v) is 8.79. The van der Waals surface area contributed by atoms with Crippen LogP contribution in [0.1, 0.15) is 62.8 Å². The summed E-state index contributed by atoms with van der Waals surface area (Å²) in [6, 6.07) is 5.27. The number of hydrogen-bond donors (Lipinski definition) is 1. The van der Waals surface area contributed by atoms with Crippen molar-refractivity contribution in [3.63, 3.8) is 0 Å². The van der Waals surface area contributed by atoms with E-state index in [9.17, 15) is 0 Å². The first-order chi connectivity index (χ1) is 9.15. The van der Waals surface area contributed by atoms with Gasteiger partial charge in [0.15, 0.2) is 0 Å². The Morgan fingerprint density at radius 2 is 2.00 bits per heavy atom. The molecule has 2 heteroatoms. The molecule has 108 valence electrons. The van der Waals surface area contributed by atoms with Crippen LogP contribution in [-0.4, -0.2) is 6.54 Å². The molecule has 2 rings (SSSR count). The van der Waals surface area contributed by atoms with E-state index in [-0.39, 0.29) is 0 Å². The van der Waals surface area contributed by atoms with E-state index in [4.69, 9.17) is 0 Å². The maximum atomic E-state index is 3.75. The van der Waals surface area contributed by atoms with Crippen molar-refractivity contribution >= 4 is 11.3 Å². The largest absolute Gasteiger partial charge is 0.309 e. The molecule has 0 aromatic carbocycles. The van der Waals surface area contributed by atoms with Crippen molar-refractivity contribution in [2.45, 2.75) is 59.4 Å². The molecule has 0 saturated heterocycles. The van der Waals surface area contributed by atoms with Crippen molar-refractivity contribution in [2.24, 2.45) is 17.8 Å². The van der Waals surface area contributed by atoms with Crippen molar-refractivity contribution in [3.05, 3.63) is 21.9 Å². The molecule has 0 spiro atoms. The second kappa shape index (κ2) is 6.90. The molecule has 4 atom stereocenters. The van der Waals surface area contributed by atoms with Gasteiger partial charge in [0.25, 0.3) is 0 Å². The summed E-state index contributed by atoms with van der Waals surface area (Å²) in [5, 5.41) is 3.75. The SMILES string of the molecule is CCNC(c1ccc(CC)s1)C1CCC(C)C(C)C1. The number of nitrogens with one attached hydrogen (secondary N) is 1. The highest BCUT2D eigenvalue weighted by Crippen LogP contribution is 2.41. The Kier molecular flexibility index (Phi) is 5.47. The van der Waals surface area contributed by atoms with Crippen LogP contribution in [0.25, 0.3) is 0 Å². The third kappa shape index (κ3) is 3.61. The maximum absolute atomic E-state index is 3.75. The lowest BCUT2D eigenvalue weighted by molar-refractivity contribution is 0.173. The summed E-state index contributed by atoms with van der Waals surface area (Å²) in [4.78, 5) is 3.08. The third-order valence-electron chi connectivity index (χ3n) is 4.87. The molecule has 1 nitrogen and oxygen atoms in total. The summed E-state index contributed by atoms with van der Waals surface area (Å²) in [7, 11) is 0. The number of thiophene rings is 1. The number of rotatable bonds is 5. The summed E-state index contributed by atoms with van der Waals surface area (Å²) >= 11 is 2.01. The van der Waals surface area contributed by atoms with Gasteiger partial charge in [0.2, 0.25) is 0 Å². The smallest absolute Gasteiger partial charge is 0.0443 e. The first kappa shape index (κ1) is 15.1. The van der Waals surface area contributed by atoms with Crippen LogP contribution in [0, 0.1) is 17.8 Å². The summed E-state index contributed by atoms with van der Waals surface area (Å²) < 4.78 is 0. The molecule has 1 fully saturated rings. The molecule has 0 aliphatic heterocycles. The molecule has 1 aromatic heterocycles. The van der Waals surface area contributed by atoms with Gasteiger partial charge in [-0.25, -0.2) is 0 Å². The zero-order valence-corrected chi connectivity index (χ0v) is 13.7. The van der Waals surface area contributed by atoms with E-state index in [2.05, 4.69) is 45.1 Å². The lowest BCUT2D eigenvalue weighted by atomic mass is 9.73. The summed E-state index contributed by atoms with van der Waals surface area (Å²) in [6.45, 7) is 10.4. The Labute approximate surface area is 122 Å². The lowest BCUT2D eigenvalue weighted by Crippen LogP contribution is -2.32. The average Bonchev–Trinajstić information content (AvgIpc) is 2.88. The van der Waals surface area contributed by atoms with E-state index in [0.717, 1.165) is 24.3 Å². The van der Waals surface area contributed by atoms with Gasteiger partial charge in [-0.2, -0.15) is 0 Å². The van der Waals surface area contributed by atoms with Gasteiger partial charge < -0.3 is 5.32 Å². The predicted octanol–water partition coefficient (Wildman–Crippen LogP) is 5.03. The molecular formula is C17H29NS. The normalized spacial score (nSPS) is 29.4. The molecule has 1 aromatic rings. The Balaban J connectivity index is 2.11. The Bertz CT molecular complexity index is 384. The zero-order valence-electron chi connectivity index (χ0n) is 12.9. The molecule has 0 bridgehead atoms. The Hall–Kier alpha value is -0.340. The molecule has 1 saturated carbocycles. The highest BCUT2D eigenvalue weighted by molar-refractivity contribution is 7.12. The van der Waals surface area contributed by atoms with Crippen LogP contribution in [0.2, 0.25) is 0 Å². The minimum absolute atomic E-state index is 0.588. The first-order valence-electron chi connectivity index (χ1n) is 7.97. The van der Waals surface area contributed by atoms with Gasteiger partial charge in [0, 0.05) is 15.8 Å². The standard InChI is InChI=1S/C17H29NS/c1-5-15-9-10-16(19-15)17(18-6-2)14-8-7-12(3)13(4)11-14/h9-10,12-14,17-18H,5-8,11H2,1-4H3. The van der Waals surface area contributed by atoms with E-state index >= 15 is 0 Å². The molecule has 0 radical (unpaired) electrons. The molecule has 1 heterocycles. The van der Waals surface area contributed by atoms with Crippen LogP contribution >= 0.6 is 11.3 Å². The monoisotopic (exact) mass is 279 g/mol. The van der Waals surface area contributed by atoms with E-state index in [0.29, 0.717) is 6.04 Å². The van der Waals surface area contributed by atoms with E-state index in [1.165, 1.54) is 30.6 Å². The van der Waals surface area contributed by atoms with E-state index in [1.807, 2.05) is 11.3 Å². The quantitative estimate of drug-likeness (QED) is 0.797. The van der Waals surface area contributed by atoms with Gasteiger partial charge in [-0.3, -0.25) is 0 Å². The average molecular weight is 279 g/mol. The van der Waals surface area contributed by atoms with E-state index < -0.39 is 0 Å².